The number of halogens is 1. The number of sulfonamides is 1. The van der Waals surface area contributed by atoms with Crippen LogP contribution in [0.5, 0.6) is 0 Å². The first kappa shape index (κ1) is 22.0. The quantitative estimate of drug-likeness (QED) is 0.550. The summed E-state index contributed by atoms with van der Waals surface area (Å²) in [7, 11) is -3.78. The Bertz CT molecular complexity index is 1080. The van der Waals surface area contributed by atoms with Gasteiger partial charge >= 0.3 is 0 Å². The van der Waals surface area contributed by atoms with Gasteiger partial charge in [-0.2, -0.15) is 4.31 Å². The number of benzene rings is 2. The predicted molar refractivity (Wildman–Crippen MR) is 119 cm³/mol. The molecule has 1 fully saturated rings. The lowest BCUT2D eigenvalue weighted by atomic mass is 9.85. The lowest BCUT2D eigenvalue weighted by molar-refractivity contribution is 0.109. The highest BCUT2D eigenvalue weighted by atomic mass is 35.5. The maximum Gasteiger partial charge on any atom is 0.243 e. The molecule has 2 unspecified atom stereocenters. The lowest BCUT2D eigenvalue weighted by Gasteiger charge is -2.38. The van der Waals surface area contributed by atoms with Crippen molar-refractivity contribution in [3.05, 3.63) is 71.6 Å². The van der Waals surface area contributed by atoms with Crippen LogP contribution in [0, 0.1) is 5.92 Å². The summed E-state index contributed by atoms with van der Waals surface area (Å²) in [5, 5.41) is 10.4. The summed E-state index contributed by atoms with van der Waals surface area (Å²) in [6.07, 6.45) is 6.59. The molecule has 1 heterocycles. The zero-order valence-electron chi connectivity index (χ0n) is 17.0. The zero-order valence-corrected chi connectivity index (χ0v) is 18.6. The summed E-state index contributed by atoms with van der Waals surface area (Å²) in [6, 6.07) is 13.5. The van der Waals surface area contributed by atoms with E-state index in [0.717, 1.165) is 36.8 Å². The van der Waals surface area contributed by atoms with Crippen molar-refractivity contribution < 1.29 is 17.9 Å². The number of oxazole rings is 1. The molecule has 1 aliphatic carbocycles. The first-order valence-electron chi connectivity index (χ1n) is 10.4. The molecule has 1 aromatic heterocycles. The highest BCUT2D eigenvalue weighted by molar-refractivity contribution is 7.89. The van der Waals surface area contributed by atoms with Crippen molar-refractivity contribution in [2.75, 3.05) is 6.61 Å². The van der Waals surface area contributed by atoms with Gasteiger partial charge in [-0.1, -0.05) is 36.6 Å². The fourth-order valence-electron chi connectivity index (χ4n) is 4.20. The summed E-state index contributed by atoms with van der Waals surface area (Å²) in [5.74, 6) is 0.437. The Balaban J connectivity index is 1.67. The molecule has 0 aliphatic heterocycles. The predicted octanol–water partition coefficient (Wildman–Crippen LogP) is 4.74. The van der Waals surface area contributed by atoms with E-state index in [1.54, 1.807) is 22.6 Å². The highest BCUT2D eigenvalue weighted by Crippen LogP contribution is 2.33. The molecule has 0 amide bonds. The Kier molecular flexibility index (Phi) is 6.77. The SMILES string of the molecule is O=S(=O)(c1ccc(Cl)cc1)N(Cc1ccc(-c2ncco2)cc1)C1CCCCC1CO. The molecule has 6 nitrogen and oxygen atoms in total. The van der Waals surface area contributed by atoms with Gasteiger partial charge < -0.3 is 9.52 Å². The third kappa shape index (κ3) is 4.85. The Morgan fingerprint density at radius 1 is 1.06 bits per heavy atom. The first-order valence-corrected chi connectivity index (χ1v) is 12.2. The Hall–Kier alpha value is -2.19. The van der Waals surface area contributed by atoms with E-state index in [4.69, 9.17) is 16.0 Å². The number of aliphatic hydroxyl groups is 1. The maximum absolute atomic E-state index is 13.6. The second-order valence-corrected chi connectivity index (χ2v) is 10.2. The van der Waals surface area contributed by atoms with E-state index in [9.17, 15) is 13.5 Å². The van der Waals surface area contributed by atoms with Crippen LogP contribution in [0.2, 0.25) is 5.02 Å². The molecule has 2 aromatic carbocycles. The first-order chi connectivity index (χ1) is 15.0. The molecule has 1 N–H and O–H groups in total. The minimum absolute atomic E-state index is 0.0274. The number of aliphatic hydroxyl groups excluding tert-OH is 1. The van der Waals surface area contributed by atoms with Gasteiger partial charge in [-0.25, -0.2) is 13.4 Å². The summed E-state index contributed by atoms with van der Waals surface area (Å²) in [4.78, 5) is 4.35. The third-order valence-corrected chi connectivity index (χ3v) is 8.00. The molecule has 0 bridgehead atoms. The standard InChI is InChI=1S/C23H25ClN2O4S/c24-20-9-11-21(12-10-20)31(28,29)26(22-4-2-1-3-19(22)16-27)15-17-5-7-18(8-6-17)23-25-13-14-30-23/h5-14,19,22,27H,1-4,15-16H2. The molecule has 4 rings (SSSR count). The molecular weight excluding hydrogens is 436 g/mol. The van der Waals surface area contributed by atoms with Crippen LogP contribution >= 0.6 is 11.6 Å². The van der Waals surface area contributed by atoms with Gasteiger partial charge in [0.15, 0.2) is 0 Å². The van der Waals surface area contributed by atoms with E-state index < -0.39 is 10.0 Å². The Morgan fingerprint density at radius 2 is 1.77 bits per heavy atom. The van der Waals surface area contributed by atoms with Crippen LogP contribution in [0.15, 0.2) is 70.3 Å². The molecule has 2 atom stereocenters. The molecule has 8 heteroatoms. The average Bonchev–Trinajstić information content (AvgIpc) is 3.33. The van der Waals surface area contributed by atoms with Crippen LogP contribution in [-0.2, 0) is 16.6 Å². The number of rotatable bonds is 7. The normalized spacial score (nSPS) is 19.6. The molecule has 1 saturated carbocycles. The van der Waals surface area contributed by atoms with Crippen molar-refractivity contribution in [2.24, 2.45) is 5.92 Å². The van der Waals surface area contributed by atoms with Crippen molar-refractivity contribution in [3.8, 4) is 11.5 Å². The molecule has 0 radical (unpaired) electrons. The molecule has 1 aliphatic rings. The minimum Gasteiger partial charge on any atom is -0.445 e. The third-order valence-electron chi connectivity index (χ3n) is 5.87. The summed E-state index contributed by atoms with van der Waals surface area (Å²) >= 11 is 5.97. The average molecular weight is 461 g/mol. The van der Waals surface area contributed by atoms with Crippen LogP contribution in [0.3, 0.4) is 0 Å². The highest BCUT2D eigenvalue weighted by Gasteiger charge is 2.37. The fourth-order valence-corrected chi connectivity index (χ4v) is 6.03. The largest absolute Gasteiger partial charge is 0.445 e. The van der Waals surface area contributed by atoms with Crippen molar-refractivity contribution in [2.45, 2.75) is 43.2 Å². The van der Waals surface area contributed by atoms with E-state index in [2.05, 4.69) is 4.98 Å². The van der Waals surface area contributed by atoms with E-state index >= 15 is 0 Å². The second-order valence-electron chi connectivity index (χ2n) is 7.83. The Morgan fingerprint density at radius 3 is 2.42 bits per heavy atom. The van der Waals surface area contributed by atoms with E-state index in [1.165, 1.54) is 18.4 Å². The van der Waals surface area contributed by atoms with Gasteiger partial charge in [-0.3, -0.25) is 0 Å². The van der Waals surface area contributed by atoms with Crippen LogP contribution in [-0.4, -0.2) is 35.5 Å². The van der Waals surface area contributed by atoms with Gasteiger partial charge in [0.1, 0.15) is 6.26 Å². The number of hydrogen-bond acceptors (Lipinski definition) is 5. The second kappa shape index (κ2) is 9.53. The van der Waals surface area contributed by atoms with E-state index in [-0.39, 0.29) is 30.0 Å². The number of nitrogens with zero attached hydrogens (tertiary/aromatic N) is 2. The summed E-state index contributed by atoms with van der Waals surface area (Å²) < 4.78 is 34.2. The van der Waals surface area contributed by atoms with Crippen molar-refractivity contribution >= 4 is 21.6 Å². The van der Waals surface area contributed by atoms with Crippen molar-refractivity contribution in [3.63, 3.8) is 0 Å². The topological polar surface area (TPSA) is 83.6 Å². The van der Waals surface area contributed by atoms with E-state index in [1.807, 2.05) is 24.3 Å². The number of hydrogen-bond donors (Lipinski definition) is 1. The van der Waals surface area contributed by atoms with Crippen LogP contribution in [0.4, 0.5) is 0 Å². The summed E-state index contributed by atoms with van der Waals surface area (Å²) in [6.45, 7) is 0.193. The summed E-state index contributed by atoms with van der Waals surface area (Å²) in [5.41, 5.74) is 1.68. The van der Waals surface area contributed by atoms with Gasteiger partial charge in [0.25, 0.3) is 0 Å². The lowest BCUT2D eigenvalue weighted by Crippen LogP contribution is -2.46. The van der Waals surface area contributed by atoms with Crippen LogP contribution in [0.1, 0.15) is 31.2 Å². The number of aromatic nitrogens is 1. The zero-order chi connectivity index (χ0) is 21.8. The van der Waals surface area contributed by atoms with Gasteiger partial charge in [-0.15, -0.1) is 0 Å². The van der Waals surface area contributed by atoms with Crippen LogP contribution < -0.4 is 0 Å². The van der Waals surface area contributed by atoms with Crippen LogP contribution in [0.25, 0.3) is 11.5 Å². The van der Waals surface area contributed by atoms with Gasteiger partial charge in [0, 0.05) is 29.8 Å². The molecule has 164 valence electrons. The smallest absolute Gasteiger partial charge is 0.243 e. The molecule has 0 spiro atoms. The van der Waals surface area contributed by atoms with Gasteiger partial charge in [0.05, 0.1) is 11.1 Å². The van der Waals surface area contributed by atoms with Gasteiger partial charge in [0.2, 0.25) is 15.9 Å². The van der Waals surface area contributed by atoms with Gasteiger partial charge in [-0.05, 0) is 60.7 Å². The molecular formula is C23H25ClN2O4S. The van der Waals surface area contributed by atoms with Crippen molar-refractivity contribution in [1.82, 2.24) is 9.29 Å². The van der Waals surface area contributed by atoms with E-state index in [0.29, 0.717) is 10.9 Å². The Labute approximate surface area is 187 Å². The molecule has 0 saturated heterocycles. The molecule has 31 heavy (non-hydrogen) atoms. The monoisotopic (exact) mass is 460 g/mol. The van der Waals surface area contributed by atoms with Crippen molar-refractivity contribution in [1.29, 1.82) is 0 Å². The minimum atomic E-state index is -3.78. The fraction of sp³-hybridized carbons (Fsp3) is 0.348. The maximum atomic E-state index is 13.6. The molecule has 3 aromatic rings.